The zero-order valence-electron chi connectivity index (χ0n) is 12.8. The Morgan fingerprint density at radius 2 is 1.92 bits per heavy atom. The zero-order chi connectivity index (χ0) is 17.1. The highest BCUT2D eigenvalue weighted by atomic mass is 19.1. The van der Waals surface area contributed by atoms with Crippen LogP contribution in [0.2, 0.25) is 0 Å². The van der Waals surface area contributed by atoms with Crippen molar-refractivity contribution in [2.24, 2.45) is 0 Å². The van der Waals surface area contributed by atoms with Gasteiger partial charge >= 0.3 is 0 Å². The van der Waals surface area contributed by atoms with Crippen molar-refractivity contribution in [3.63, 3.8) is 0 Å². The molecule has 0 aliphatic heterocycles. The van der Waals surface area contributed by atoms with Gasteiger partial charge in [0.1, 0.15) is 17.3 Å². The lowest BCUT2D eigenvalue weighted by atomic mass is 10.2. The maximum absolute atomic E-state index is 14.1. The van der Waals surface area contributed by atoms with Crippen molar-refractivity contribution in [3.05, 3.63) is 66.0 Å². The number of carbonyl (C=O) groups is 1. The molecule has 3 rings (SSSR count). The molecule has 0 atom stereocenters. The molecule has 3 aromatic rings. The fraction of sp³-hybridized carbons (Fsp3) is 0.118. The number of halogens is 2. The predicted octanol–water partition coefficient (Wildman–Crippen LogP) is 2.85. The van der Waals surface area contributed by atoms with Gasteiger partial charge in [0.05, 0.1) is 6.54 Å². The number of hydrogen-bond donors (Lipinski definition) is 1. The Balaban J connectivity index is 2.10. The largest absolute Gasteiger partial charge is 0.349 e. The number of rotatable bonds is 4. The molecule has 0 saturated heterocycles. The summed E-state index contributed by atoms with van der Waals surface area (Å²) in [5, 5.41) is 6.87. The molecule has 5 nitrogen and oxygen atoms in total. The second-order valence-corrected chi connectivity index (χ2v) is 5.13. The molecule has 0 radical (unpaired) electrons. The van der Waals surface area contributed by atoms with Crippen molar-refractivity contribution in [3.8, 4) is 17.1 Å². The van der Waals surface area contributed by atoms with E-state index < -0.39 is 11.6 Å². The van der Waals surface area contributed by atoms with Crippen LogP contribution in [0.1, 0.15) is 12.7 Å². The highest BCUT2D eigenvalue weighted by Gasteiger charge is 2.16. The van der Waals surface area contributed by atoms with E-state index in [2.05, 4.69) is 15.4 Å². The lowest BCUT2D eigenvalue weighted by molar-refractivity contribution is -0.119. The van der Waals surface area contributed by atoms with Crippen LogP contribution in [0.25, 0.3) is 17.1 Å². The highest BCUT2D eigenvalue weighted by molar-refractivity contribution is 5.72. The third-order valence-corrected chi connectivity index (χ3v) is 3.34. The van der Waals surface area contributed by atoms with Crippen molar-refractivity contribution in [2.75, 3.05) is 0 Å². The molecule has 0 spiro atoms. The van der Waals surface area contributed by atoms with Crippen LogP contribution in [0.5, 0.6) is 0 Å². The summed E-state index contributed by atoms with van der Waals surface area (Å²) in [6.45, 7) is 1.41. The Bertz CT molecular complexity index is 878. The normalized spacial score (nSPS) is 10.6. The Morgan fingerprint density at radius 1 is 1.17 bits per heavy atom. The molecule has 122 valence electrons. The second-order valence-electron chi connectivity index (χ2n) is 5.13. The van der Waals surface area contributed by atoms with Gasteiger partial charge < -0.3 is 5.32 Å². The topological polar surface area (TPSA) is 59.8 Å². The van der Waals surface area contributed by atoms with Gasteiger partial charge in [-0.3, -0.25) is 4.79 Å². The Labute approximate surface area is 137 Å². The van der Waals surface area contributed by atoms with Crippen LogP contribution in [0.3, 0.4) is 0 Å². The van der Waals surface area contributed by atoms with E-state index in [1.165, 1.54) is 11.6 Å². The molecular weight excluding hydrogens is 314 g/mol. The van der Waals surface area contributed by atoms with E-state index in [9.17, 15) is 13.6 Å². The summed E-state index contributed by atoms with van der Waals surface area (Å²) in [6.07, 6.45) is 0. The van der Waals surface area contributed by atoms with Gasteiger partial charge in [0.25, 0.3) is 0 Å². The van der Waals surface area contributed by atoms with E-state index in [0.717, 1.165) is 23.8 Å². The summed E-state index contributed by atoms with van der Waals surface area (Å²) >= 11 is 0. The minimum absolute atomic E-state index is 0.0467. The molecule has 1 aromatic heterocycles. The van der Waals surface area contributed by atoms with Crippen LogP contribution in [0.15, 0.2) is 48.5 Å². The first-order valence-electron chi connectivity index (χ1n) is 7.26. The molecule has 2 aromatic carbocycles. The van der Waals surface area contributed by atoms with Crippen molar-refractivity contribution in [1.29, 1.82) is 0 Å². The molecular formula is C17H14F2N4O. The number of carbonyl (C=O) groups excluding carboxylic acids is 1. The lowest BCUT2D eigenvalue weighted by Gasteiger charge is -2.07. The molecule has 0 fully saturated rings. The Morgan fingerprint density at radius 3 is 2.62 bits per heavy atom. The summed E-state index contributed by atoms with van der Waals surface area (Å²) in [5.41, 5.74) is 0.669. The fourth-order valence-corrected chi connectivity index (χ4v) is 2.21. The minimum atomic E-state index is -0.634. The van der Waals surface area contributed by atoms with Gasteiger partial charge in [0, 0.05) is 18.6 Å². The SMILES string of the molecule is CC(=O)NCc1nc(-c2ccccc2)nn1-c1cc(F)ccc1F. The van der Waals surface area contributed by atoms with E-state index >= 15 is 0 Å². The first kappa shape index (κ1) is 15.8. The molecule has 0 bridgehead atoms. The molecule has 1 amide bonds. The zero-order valence-corrected chi connectivity index (χ0v) is 12.8. The Hall–Kier alpha value is -3.09. The van der Waals surface area contributed by atoms with Gasteiger partial charge in [-0.15, -0.1) is 5.10 Å². The van der Waals surface area contributed by atoms with Crippen LogP contribution in [0.4, 0.5) is 8.78 Å². The predicted molar refractivity (Wildman–Crippen MR) is 84.2 cm³/mol. The molecule has 24 heavy (non-hydrogen) atoms. The van der Waals surface area contributed by atoms with E-state index in [4.69, 9.17) is 0 Å². The molecule has 1 N–H and O–H groups in total. The number of benzene rings is 2. The molecule has 7 heteroatoms. The molecule has 0 aliphatic rings. The van der Waals surface area contributed by atoms with Crippen molar-refractivity contribution in [1.82, 2.24) is 20.1 Å². The van der Waals surface area contributed by atoms with Crippen LogP contribution in [-0.2, 0) is 11.3 Å². The average Bonchev–Trinajstić information content (AvgIpc) is 3.00. The van der Waals surface area contributed by atoms with Gasteiger partial charge in [0.15, 0.2) is 11.6 Å². The first-order valence-corrected chi connectivity index (χ1v) is 7.26. The standard InChI is InChI=1S/C17H14F2N4O/c1-11(24)20-10-16-21-17(12-5-3-2-4-6-12)22-23(16)15-9-13(18)7-8-14(15)19/h2-9H,10H2,1H3,(H,20,24). The molecule has 0 saturated carbocycles. The minimum Gasteiger partial charge on any atom is -0.349 e. The number of amides is 1. The third kappa shape index (κ3) is 3.29. The molecule has 1 heterocycles. The van der Waals surface area contributed by atoms with Gasteiger partial charge in [-0.2, -0.15) is 0 Å². The smallest absolute Gasteiger partial charge is 0.217 e. The summed E-state index contributed by atoms with van der Waals surface area (Å²) in [7, 11) is 0. The van der Waals surface area contributed by atoms with Crippen LogP contribution in [-0.4, -0.2) is 20.7 Å². The summed E-state index contributed by atoms with van der Waals surface area (Å²) in [5.74, 6) is -0.822. The van der Waals surface area contributed by atoms with Crippen LogP contribution >= 0.6 is 0 Å². The number of nitrogens with one attached hydrogen (secondary N) is 1. The van der Waals surface area contributed by atoms with Crippen molar-refractivity contribution >= 4 is 5.91 Å². The number of hydrogen-bond acceptors (Lipinski definition) is 3. The first-order chi connectivity index (χ1) is 11.5. The van der Waals surface area contributed by atoms with Crippen molar-refractivity contribution in [2.45, 2.75) is 13.5 Å². The number of aromatic nitrogens is 3. The Kier molecular flexibility index (Phi) is 4.33. The van der Waals surface area contributed by atoms with Gasteiger partial charge in [-0.1, -0.05) is 30.3 Å². The van der Waals surface area contributed by atoms with E-state index in [-0.39, 0.29) is 18.1 Å². The summed E-state index contributed by atoms with van der Waals surface area (Å²) in [4.78, 5) is 15.5. The van der Waals surface area contributed by atoms with Gasteiger partial charge in [-0.25, -0.2) is 18.4 Å². The van der Waals surface area contributed by atoms with Crippen LogP contribution < -0.4 is 5.32 Å². The van der Waals surface area contributed by atoms with E-state index in [1.54, 1.807) is 0 Å². The summed E-state index contributed by atoms with van der Waals surface area (Å²) in [6, 6.07) is 12.2. The highest BCUT2D eigenvalue weighted by Crippen LogP contribution is 2.20. The lowest BCUT2D eigenvalue weighted by Crippen LogP contribution is -2.21. The maximum atomic E-state index is 14.1. The van der Waals surface area contributed by atoms with E-state index in [1.807, 2.05) is 30.3 Å². The van der Waals surface area contributed by atoms with Gasteiger partial charge in [-0.05, 0) is 12.1 Å². The fourth-order valence-electron chi connectivity index (χ4n) is 2.21. The monoisotopic (exact) mass is 328 g/mol. The molecule has 0 unspecified atom stereocenters. The average molecular weight is 328 g/mol. The number of nitrogens with zero attached hydrogens (tertiary/aromatic N) is 3. The molecule has 0 aliphatic carbocycles. The van der Waals surface area contributed by atoms with Crippen LogP contribution in [0, 0.1) is 11.6 Å². The van der Waals surface area contributed by atoms with Crippen molar-refractivity contribution < 1.29 is 13.6 Å². The third-order valence-electron chi connectivity index (χ3n) is 3.34. The van der Waals surface area contributed by atoms with Gasteiger partial charge in [0.2, 0.25) is 5.91 Å². The maximum Gasteiger partial charge on any atom is 0.217 e. The quantitative estimate of drug-likeness (QED) is 0.801. The summed E-state index contributed by atoms with van der Waals surface area (Å²) < 4.78 is 28.8. The second kappa shape index (κ2) is 6.57. The van der Waals surface area contributed by atoms with E-state index in [0.29, 0.717) is 11.6 Å².